The largest absolute Gasteiger partial charge is 0.324 e. The number of hydrogen-bond donors (Lipinski definition) is 1. The summed E-state index contributed by atoms with van der Waals surface area (Å²) in [6.07, 6.45) is 12.6. The van der Waals surface area contributed by atoms with Crippen LogP contribution < -0.4 is 4.72 Å². The van der Waals surface area contributed by atoms with Crippen molar-refractivity contribution in [3.8, 4) is 0 Å². The average molecular weight is 412 g/mol. The van der Waals surface area contributed by atoms with Gasteiger partial charge in [-0.15, -0.1) is 0 Å². The Hall–Kier alpha value is -1.07. The van der Waals surface area contributed by atoms with Gasteiger partial charge in [0, 0.05) is 5.69 Å². The van der Waals surface area contributed by atoms with Crippen LogP contribution in [0.1, 0.15) is 77.7 Å². The first-order valence-corrected chi connectivity index (χ1v) is 13.1. The van der Waals surface area contributed by atoms with E-state index in [-0.39, 0.29) is 0 Å². The minimum Gasteiger partial charge on any atom is -0.324 e. The summed E-state index contributed by atoms with van der Waals surface area (Å²) >= 11 is 0. The molecule has 0 aliphatic rings. The van der Waals surface area contributed by atoms with Crippen molar-refractivity contribution in [2.75, 3.05) is 37.2 Å². The SMILES string of the molecule is CCCC[N+](CCCC)(CCCC)CCCCc1ccc(NS(C)(=O)=O)cc1. The van der Waals surface area contributed by atoms with Crippen LogP contribution >= 0.6 is 0 Å². The Labute approximate surface area is 174 Å². The van der Waals surface area contributed by atoms with Crippen LogP contribution in [0.5, 0.6) is 0 Å². The van der Waals surface area contributed by atoms with Gasteiger partial charge in [0.1, 0.15) is 0 Å². The number of benzene rings is 1. The van der Waals surface area contributed by atoms with E-state index in [0.717, 1.165) is 6.42 Å². The van der Waals surface area contributed by atoms with Crippen molar-refractivity contribution >= 4 is 15.7 Å². The Morgan fingerprint density at radius 3 is 1.64 bits per heavy atom. The van der Waals surface area contributed by atoms with Gasteiger partial charge in [-0.3, -0.25) is 4.72 Å². The van der Waals surface area contributed by atoms with E-state index in [1.165, 1.54) is 93.8 Å². The van der Waals surface area contributed by atoms with Crippen LogP contribution in [0.3, 0.4) is 0 Å². The first-order chi connectivity index (χ1) is 13.3. The van der Waals surface area contributed by atoms with Crippen LogP contribution in [0.4, 0.5) is 5.69 Å². The second-order valence-electron chi connectivity index (χ2n) is 8.32. The third-order valence-corrected chi connectivity index (χ3v) is 6.17. The molecule has 0 heterocycles. The molecule has 0 saturated heterocycles. The molecule has 28 heavy (non-hydrogen) atoms. The fourth-order valence-corrected chi connectivity index (χ4v) is 4.45. The van der Waals surface area contributed by atoms with Crippen molar-refractivity contribution in [3.05, 3.63) is 29.8 Å². The summed E-state index contributed by atoms with van der Waals surface area (Å²) in [5.41, 5.74) is 1.92. The Balaban J connectivity index is 2.57. The summed E-state index contributed by atoms with van der Waals surface area (Å²) in [5.74, 6) is 0. The highest BCUT2D eigenvalue weighted by molar-refractivity contribution is 7.92. The van der Waals surface area contributed by atoms with Crippen molar-refractivity contribution in [1.29, 1.82) is 0 Å². The molecule has 1 aromatic rings. The Bertz CT molecular complexity index is 605. The van der Waals surface area contributed by atoms with Crippen LogP contribution in [0, 0.1) is 0 Å². The van der Waals surface area contributed by atoms with Crippen molar-refractivity contribution in [1.82, 2.24) is 0 Å². The van der Waals surface area contributed by atoms with Gasteiger partial charge in [-0.25, -0.2) is 8.42 Å². The van der Waals surface area contributed by atoms with E-state index in [2.05, 4.69) is 25.5 Å². The summed E-state index contributed by atoms with van der Waals surface area (Å²) in [6, 6.07) is 7.81. The molecule has 0 aromatic heterocycles. The topological polar surface area (TPSA) is 46.2 Å². The maximum Gasteiger partial charge on any atom is 0.229 e. The van der Waals surface area contributed by atoms with Gasteiger partial charge in [0.15, 0.2) is 0 Å². The molecule has 0 aliphatic heterocycles. The lowest BCUT2D eigenvalue weighted by Crippen LogP contribution is -2.50. The van der Waals surface area contributed by atoms with Crippen molar-refractivity contribution in [2.24, 2.45) is 0 Å². The lowest BCUT2D eigenvalue weighted by atomic mass is 10.1. The highest BCUT2D eigenvalue weighted by Gasteiger charge is 2.25. The number of sulfonamides is 1. The number of hydrogen-bond acceptors (Lipinski definition) is 2. The zero-order valence-electron chi connectivity index (χ0n) is 18.7. The smallest absolute Gasteiger partial charge is 0.229 e. The number of rotatable bonds is 16. The maximum absolute atomic E-state index is 11.3. The number of unbranched alkanes of at least 4 members (excludes halogenated alkanes) is 4. The number of aryl methyl sites for hydroxylation is 1. The molecule has 0 unspecified atom stereocenters. The van der Waals surface area contributed by atoms with Gasteiger partial charge in [-0.2, -0.15) is 0 Å². The second-order valence-corrected chi connectivity index (χ2v) is 10.1. The van der Waals surface area contributed by atoms with Crippen molar-refractivity contribution in [2.45, 2.75) is 78.6 Å². The van der Waals surface area contributed by atoms with Gasteiger partial charge in [0.05, 0.1) is 32.4 Å². The van der Waals surface area contributed by atoms with Crippen molar-refractivity contribution < 1.29 is 12.9 Å². The molecule has 0 radical (unpaired) electrons. The predicted molar refractivity (Wildman–Crippen MR) is 122 cm³/mol. The molecular formula is C23H43N2O2S+. The molecule has 0 saturated carbocycles. The lowest BCUT2D eigenvalue weighted by Gasteiger charge is -2.39. The number of quaternary nitrogens is 1. The van der Waals surface area contributed by atoms with Gasteiger partial charge < -0.3 is 4.48 Å². The summed E-state index contributed by atoms with van der Waals surface area (Å²) < 4.78 is 26.4. The molecule has 0 fully saturated rings. The zero-order chi connectivity index (χ0) is 20.9. The molecule has 0 atom stereocenters. The Kier molecular flexibility index (Phi) is 11.8. The lowest BCUT2D eigenvalue weighted by molar-refractivity contribution is -0.929. The van der Waals surface area contributed by atoms with E-state index in [0.29, 0.717) is 5.69 Å². The monoisotopic (exact) mass is 411 g/mol. The fourth-order valence-electron chi connectivity index (χ4n) is 3.88. The zero-order valence-corrected chi connectivity index (χ0v) is 19.5. The molecule has 4 nitrogen and oxygen atoms in total. The number of nitrogens with zero attached hydrogens (tertiary/aromatic N) is 1. The van der Waals surface area contributed by atoms with Crippen LogP contribution in [-0.4, -0.2) is 45.3 Å². The van der Waals surface area contributed by atoms with Gasteiger partial charge >= 0.3 is 0 Å². The molecule has 162 valence electrons. The second kappa shape index (κ2) is 13.2. The maximum atomic E-state index is 11.3. The van der Waals surface area contributed by atoms with E-state index in [1.54, 1.807) is 0 Å². The molecule has 5 heteroatoms. The standard InChI is InChI=1S/C23H43N2O2S/c1-5-8-18-25(19-9-6-2,20-10-7-3)21-12-11-13-22-14-16-23(17-15-22)24-28(4,26)27/h14-17,24H,5-13,18-21H2,1-4H3/q+1. The molecule has 1 rings (SSSR count). The van der Waals surface area contributed by atoms with Gasteiger partial charge in [0.25, 0.3) is 0 Å². The third kappa shape index (κ3) is 10.5. The van der Waals surface area contributed by atoms with E-state index in [4.69, 9.17) is 0 Å². The van der Waals surface area contributed by atoms with Crippen LogP contribution in [0.15, 0.2) is 24.3 Å². The molecular weight excluding hydrogens is 368 g/mol. The fraction of sp³-hybridized carbons (Fsp3) is 0.739. The van der Waals surface area contributed by atoms with E-state index < -0.39 is 10.0 Å². The first-order valence-electron chi connectivity index (χ1n) is 11.3. The normalized spacial score (nSPS) is 12.3. The molecule has 0 amide bonds. The molecule has 0 bridgehead atoms. The molecule has 1 aromatic carbocycles. The predicted octanol–water partition coefficient (Wildman–Crippen LogP) is 5.60. The Morgan fingerprint density at radius 1 is 0.750 bits per heavy atom. The number of nitrogens with one attached hydrogen (secondary N) is 1. The summed E-state index contributed by atoms with van der Waals surface area (Å²) in [6.45, 7) is 12.2. The van der Waals surface area contributed by atoms with E-state index in [9.17, 15) is 8.42 Å². The van der Waals surface area contributed by atoms with E-state index >= 15 is 0 Å². The minimum atomic E-state index is -3.20. The highest BCUT2D eigenvalue weighted by Crippen LogP contribution is 2.18. The molecule has 0 spiro atoms. The van der Waals surface area contributed by atoms with Crippen LogP contribution in [0.2, 0.25) is 0 Å². The van der Waals surface area contributed by atoms with Crippen LogP contribution in [-0.2, 0) is 16.4 Å². The van der Waals surface area contributed by atoms with Gasteiger partial charge in [0.2, 0.25) is 10.0 Å². The number of anilines is 1. The molecule has 0 aliphatic carbocycles. The highest BCUT2D eigenvalue weighted by atomic mass is 32.2. The summed E-state index contributed by atoms with van der Waals surface area (Å²) in [4.78, 5) is 0. The molecule has 1 N–H and O–H groups in total. The van der Waals surface area contributed by atoms with Crippen LogP contribution in [0.25, 0.3) is 0 Å². The first kappa shape index (κ1) is 25.0. The third-order valence-electron chi connectivity index (χ3n) is 5.56. The summed E-state index contributed by atoms with van der Waals surface area (Å²) in [5, 5.41) is 0. The van der Waals surface area contributed by atoms with E-state index in [1.807, 2.05) is 24.3 Å². The Morgan fingerprint density at radius 2 is 1.21 bits per heavy atom. The minimum absolute atomic E-state index is 0.639. The average Bonchev–Trinajstić information content (AvgIpc) is 2.66. The quantitative estimate of drug-likeness (QED) is 0.284. The van der Waals surface area contributed by atoms with Gasteiger partial charge in [-0.1, -0.05) is 52.2 Å². The van der Waals surface area contributed by atoms with Gasteiger partial charge in [-0.05, 0) is 56.2 Å². The van der Waals surface area contributed by atoms with Crippen molar-refractivity contribution in [3.63, 3.8) is 0 Å². The summed E-state index contributed by atoms with van der Waals surface area (Å²) in [7, 11) is -3.20.